The van der Waals surface area contributed by atoms with Crippen LogP contribution in [-0.2, 0) is 6.42 Å². The Hall–Kier alpha value is -1.55. The standard InChI is InChI=1S/C18H28N2O2/c1-18(2,3)16(21)12-19-17(22)20-15(14-9-10-14)11-13-7-5-4-6-8-13/h4-8,14-16,21H,9-12H2,1-3H3,(H2,19,20,22). The highest BCUT2D eigenvalue weighted by molar-refractivity contribution is 5.74. The van der Waals surface area contributed by atoms with Crippen molar-refractivity contribution in [2.75, 3.05) is 6.54 Å². The summed E-state index contributed by atoms with van der Waals surface area (Å²) in [5.74, 6) is 0.582. The molecule has 4 heteroatoms. The minimum absolute atomic E-state index is 0.175. The number of urea groups is 1. The Kier molecular flexibility index (Phi) is 5.46. The molecule has 0 heterocycles. The third kappa shape index (κ3) is 5.34. The number of aliphatic hydroxyl groups excluding tert-OH is 1. The second-order valence-electron chi connectivity index (χ2n) is 7.37. The first-order valence-corrected chi connectivity index (χ1v) is 8.12. The normalized spacial score (nSPS) is 17.6. The van der Waals surface area contributed by atoms with Crippen molar-refractivity contribution in [2.45, 2.75) is 52.2 Å². The summed E-state index contributed by atoms with van der Waals surface area (Å²) in [5, 5.41) is 15.8. The summed E-state index contributed by atoms with van der Waals surface area (Å²) in [6.45, 7) is 6.15. The van der Waals surface area contributed by atoms with Crippen LogP contribution in [0.15, 0.2) is 30.3 Å². The number of benzene rings is 1. The minimum atomic E-state index is -0.549. The summed E-state index contributed by atoms with van der Waals surface area (Å²) in [5.41, 5.74) is 1.02. The second kappa shape index (κ2) is 7.14. The Morgan fingerprint density at radius 3 is 2.45 bits per heavy atom. The molecule has 2 rings (SSSR count). The highest BCUT2D eigenvalue weighted by Crippen LogP contribution is 2.34. The first-order valence-electron chi connectivity index (χ1n) is 8.12. The van der Waals surface area contributed by atoms with E-state index in [9.17, 15) is 9.90 Å². The van der Waals surface area contributed by atoms with Gasteiger partial charge < -0.3 is 15.7 Å². The smallest absolute Gasteiger partial charge is 0.315 e. The van der Waals surface area contributed by atoms with Gasteiger partial charge in [0.15, 0.2) is 0 Å². The molecule has 0 spiro atoms. The largest absolute Gasteiger partial charge is 0.391 e. The van der Waals surface area contributed by atoms with Crippen molar-refractivity contribution in [1.82, 2.24) is 10.6 Å². The summed E-state index contributed by atoms with van der Waals surface area (Å²) < 4.78 is 0. The number of rotatable bonds is 6. The second-order valence-corrected chi connectivity index (χ2v) is 7.37. The Balaban J connectivity index is 1.82. The highest BCUT2D eigenvalue weighted by atomic mass is 16.3. The first-order chi connectivity index (χ1) is 10.4. The average Bonchev–Trinajstić information content (AvgIpc) is 3.28. The molecule has 1 saturated carbocycles. The first kappa shape index (κ1) is 16.8. The van der Waals surface area contributed by atoms with E-state index >= 15 is 0 Å². The van der Waals surface area contributed by atoms with Gasteiger partial charge in [0.1, 0.15) is 0 Å². The van der Waals surface area contributed by atoms with Crippen molar-refractivity contribution >= 4 is 6.03 Å². The lowest BCUT2D eigenvalue weighted by Crippen LogP contribution is -2.48. The van der Waals surface area contributed by atoms with Crippen molar-refractivity contribution in [1.29, 1.82) is 0 Å². The fourth-order valence-corrected chi connectivity index (χ4v) is 2.42. The molecule has 0 radical (unpaired) electrons. The van der Waals surface area contributed by atoms with E-state index in [1.54, 1.807) is 0 Å². The van der Waals surface area contributed by atoms with E-state index in [1.165, 1.54) is 18.4 Å². The van der Waals surface area contributed by atoms with Crippen LogP contribution in [-0.4, -0.2) is 29.8 Å². The number of nitrogens with one attached hydrogen (secondary N) is 2. The van der Waals surface area contributed by atoms with Crippen LogP contribution in [0, 0.1) is 11.3 Å². The van der Waals surface area contributed by atoms with Gasteiger partial charge in [0, 0.05) is 12.6 Å². The topological polar surface area (TPSA) is 61.4 Å². The van der Waals surface area contributed by atoms with Crippen LogP contribution in [0.3, 0.4) is 0 Å². The van der Waals surface area contributed by atoms with E-state index in [1.807, 2.05) is 39.0 Å². The summed E-state index contributed by atoms with van der Waals surface area (Å²) in [7, 11) is 0. The van der Waals surface area contributed by atoms with Crippen LogP contribution >= 0.6 is 0 Å². The number of carbonyl (C=O) groups excluding carboxylic acids is 1. The van der Waals surface area contributed by atoms with E-state index in [4.69, 9.17) is 0 Å². The Morgan fingerprint density at radius 1 is 1.27 bits per heavy atom. The molecule has 1 fully saturated rings. The van der Waals surface area contributed by atoms with Gasteiger partial charge in [0.05, 0.1) is 6.10 Å². The molecule has 1 aliphatic carbocycles. The van der Waals surface area contributed by atoms with Crippen molar-refractivity contribution < 1.29 is 9.90 Å². The fraction of sp³-hybridized carbons (Fsp3) is 0.611. The van der Waals surface area contributed by atoms with E-state index in [0.29, 0.717) is 5.92 Å². The zero-order valence-electron chi connectivity index (χ0n) is 13.8. The molecule has 4 nitrogen and oxygen atoms in total. The van der Waals surface area contributed by atoms with Crippen LogP contribution in [0.2, 0.25) is 0 Å². The van der Waals surface area contributed by atoms with Gasteiger partial charge in [-0.3, -0.25) is 0 Å². The quantitative estimate of drug-likeness (QED) is 0.757. The number of hydrogen-bond donors (Lipinski definition) is 3. The van der Waals surface area contributed by atoms with Gasteiger partial charge in [0.25, 0.3) is 0 Å². The van der Waals surface area contributed by atoms with Gasteiger partial charge in [-0.05, 0) is 36.2 Å². The lowest BCUT2D eigenvalue weighted by atomic mass is 9.89. The third-order valence-electron chi connectivity index (χ3n) is 4.26. The van der Waals surface area contributed by atoms with Gasteiger partial charge >= 0.3 is 6.03 Å². The predicted octanol–water partition coefficient (Wildman–Crippen LogP) is 2.71. The van der Waals surface area contributed by atoms with Crippen molar-refractivity contribution in [3.8, 4) is 0 Å². The molecule has 22 heavy (non-hydrogen) atoms. The zero-order valence-corrected chi connectivity index (χ0v) is 13.8. The van der Waals surface area contributed by atoms with Gasteiger partial charge in [0.2, 0.25) is 0 Å². The summed E-state index contributed by atoms with van der Waals surface area (Å²) in [4.78, 5) is 12.1. The molecule has 1 aromatic carbocycles. The molecule has 122 valence electrons. The maximum Gasteiger partial charge on any atom is 0.315 e. The van der Waals surface area contributed by atoms with Crippen LogP contribution < -0.4 is 10.6 Å². The highest BCUT2D eigenvalue weighted by Gasteiger charge is 2.32. The Labute approximate surface area is 133 Å². The summed E-state index contributed by atoms with van der Waals surface area (Å²) in [6.07, 6.45) is 2.68. The van der Waals surface area contributed by atoms with E-state index in [2.05, 4.69) is 22.8 Å². The molecule has 1 aliphatic rings. The maximum absolute atomic E-state index is 12.1. The molecule has 0 saturated heterocycles. The molecule has 0 aromatic heterocycles. The molecular formula is C18H28N2O2. The van der Waals surface area contributed by atoms with Gasteiger partial charge in [-0.2, -0.15) is 0 Å². The van der Waals surface area contributed by atoms with Crippen molar-refractivity contribution in [2.24, 2.45) is 11.3 Å². The molecule has 1 aromatic rings. The average molecular weight is 304 g/mol. The van der Waals surface area contributed by atoms with Crippen LogP contribution in [0.5, 0.6) is 0 Å². The predicted molar refractivity (Wildman–Crippen MR) is 88.7 cm³/mol. The summed E-state index contributed by atoms with van der Waals surface area (Å²) >= 11 is 0. The fourth-order valence-electron chi connectivity index (χ4n) is 2.42. The molecule has 2 unspecified atom stereocenters. The van der Waals surface area contributed by atoms with Crippen LogP contribution in [0.4, 0.5) is 4.79 Å². The number of aliphatic hydroxyl groups is 1. The third-order valence-corrected chi connectivity index (χ3v) is 4.26. The Bertz CT molecular complexity index is 478. The van der Waals surface area contributed by atoms with Gasteiger partial charge in [-0.25, -0.2) is 4.79 Å². The number of hydrogen-bond acceptors (Lipinski definition) is 2. The van der Waals surface area contributed by atoms with Crippen LogP contribution in [0.1, 0.15) is 39.2 Å². The minimum Gasteiger partial charge on any atom is -0.391 e. The maximum atomic E-state index is 12.1. The number of carbonyl (C=O) groups is 1. The van der Waals surface area contributed by atoms with E-state index in [-0.39, 0.29) is 24.0 Å². The molecule has 0 bridgehead atoms. The van der Waals surface area contributed by atoms with Crippen LogP contribution in [0.25, 0.3) is 0 Å². The SMILES string of the molecule is CC(C)(C)C(O)CNC(=O)NC(Cc1ccccc1)C1CC1. The molecule has 0 aliphatic heterocycles. The van der Waals surface area contributed by atoms with E-state index in [0.717, 1.165) is 6.42 Å². The molecule has 3 N–H and O–H groups in total. The number of amides is 2. The molecule has 2 atom stereocenters. The Morgan fingerprint density at radius 2 is 1.91 bits per heavy atom. The monoisotopic (exact) mass is 304 g/mol. The van der Waals surface area contributed by atoms with Gasteiger partial charge in [-0.1, -0.05) is 51.1 Å². The lowest BCUT2D eigenvalue weighted by molar-refractivity contribution is 0.0648. The summed E-state index contributed by atoms with van der Waals surface area (Å²) in [6, 6.07) is 10.2. The molecule has 2 amide bonds. The zero-order chi connectivity index (χ0) is 16.2. The lowest BCUT2D eigenvalue weighted by Gasteiger charge is -2.26. The van der Waals surface area contributed by atoms with Gasteiger partial charge in [-0.15, -0.1) is 0 Å². The van der Waals surface area contributed by atoms with Crippen molar-refractivity contribution in [3.05, 3.63) is 35.9 Å². The van der Waals surface area contributed by atoms with E-state index < -0.39 is 6.10 Å². The molecular weight excluding hydrogens is 276 g/mol. The van der Waals surface area contributed by atoms with Crippen molar-refractivity contribution in [3.63, 3.8) is 0 Å².